The average Bonchev–Trinajstić information content (AvgIpc) is 2.22. The Hall–Kier alpha value is -0.130. The van der Waals surface area contributed by atoms with Crippen molar-refractivity contribution in [2.75, 3.05) is 25.4 Å². The van der Waals surface area contributed by atoms with E-state index < -0.39 is 10.0 Å². The van der Waals surface area contributed by atoms with Gasteiger partial charge < -0.3 is 5.32 Å². The fraction of sp³-hybridized carbons (Fsp3) is 1.00. The lowest BCUT2D eigenvalue weighted by atomic mass is 10.1. The van der Waals surface area contributed by atoms with Crippen LogP contribution in [0.1, 0.15) is 27.2 Å². The summed E-state index contributed by atoms with van der Waals surface area (Å²) in [5.41, 5.74) is 0. The van der Waals surface area contributed by atoms with Crippen molar-refractivity contribution in [3.8, 4) is 0 Å². The molecule has 0 bridgehead atoms. The van der Waals surface area contributed by atoms with Gasteiger partial charge >= 0.3 is 0 Å². The van der Waals surface area contributed by atoms with E-state index in [0.717, 1.165) is 13.0 Å². The van der Waals surface area contributed by atoms with Gasteiger partial charge in [-0.2, -0.15) is 4.31 Å². The molecule has 5 heteroatoms. The van der Waals surface area contributed by atoms with Crippen LogP contribution < -0.4 is 5.32 Å². The Morgan fingerprint density at radius 1 is 1.47 bits per heavy atom. The van der Waals surface area contributed by atoms with E-state index in [-0.39, 0.29) is 11.8 Å². The molecule has 4 nitrogen and oxygen atoms in total. The monoisotopic (exact) mass is 234 g/mol. The van der Waals surface area contributed by atoms with Gasteiger partial charge in [0.2, 0.25) is 10.0 Å². The van der Waals surface area contributed by atoms with Gasteiger partial charge in [0, 0.05) is 25.7 Å². The third-order valence-electron chi connectivity index (χ3n) is 2.75. The predicted molar refractivity (Wildman–Crippen MR) is 62.3 cm³/mol. The summed E-state index contributed by atoms with van der Waals surface area (Å²) in [6, 6.07) is 0.0799. The fourth-order valence-electron chi connectivity index (χ4n) is 1.75. The summed E-state index contributed by atoms with van der Waals surface area (Å²) in [5.74, 6) is 0.777. The minimum Gasteiger partial charge on any atom is -0.314 e. The molecule has 0 aromatic heterocycles. The summed E-state index contributed by atoms with van der Waals surface area (Å²) >= 11 is 0. The second-order valence-corrected chi connectivity index (χ2v) is 6.70. The summed E-state index contributed by atoms with van der Waals surface area (Å²) in [6.45, 7) is 8.20. The quantitative estimate of drug-likeness (QED) is 0.780. The lowest BCUT2D eigenvalue weighted by Crippen LogP contribution is -2.41. The van der Waals surface area contributed by atoms with Crippen molar-refractivity contribution in [1.29, 1.82) is 0 Å². The Morgan fingerprint density at radius 2 is 2.13 bits per heavy atom. The molecule has 0 aliphatic carbocycles. The van der Waals surface area contributed by atoms with Crippen molar-refractivity contribution in [3.05, 3.63) is 0 Å². The molecule has 1 N–H and O–H groups in total. The van der Waals surface area contributed by atoms with Crippen LogP contribution in [0.5, 0.6) is 0 Å². The van der Waals surface area contributed by atoms with E-state index in [9.17, 15) is 8.42 Å². The maximum absolute atomic E-state index is 11.9. The molecule has 0 amide bonds. The van der Waals surface area contributed by atoms with E-state index in [0.29, 0.717) is 19.0 Å². The number of sulfonamides is 1. The smallest absolute Gasteiger partial charge is 0.215 e. The molecule has 1 rings (SSSR count). The van der Waals surface area contributed by atoms with Crippen LogP contribution in [-0.2, 0) is 10.0 Å². The summed E-state index contributed by atoms with van der Waals surface area (Å²) in [4.78, 5) is 0. The van der Waals surface area contributed by atoms with Crippen LogP contribution in [-0.4, -0.2) is 44.2 Å². The van der Waals surface area contributed by atoms with E-state index in [1.807, 2.05) is 6.92 Å². The van der Waals surface area contributed by atoms with Crippen LogP contribution >= 0.6 is 0 Å². The van der Waals surface area contributed by atoms with Crippen molar-refractivity contribution in [1.82, 2.24) is 9.62 Å². The van der Waals surface area contributed by atoms with Crippen LogP contribution in [0.2, 0.25) is 0 Å². The Morgan fingerprint density at radius 3 is 2.73 bits per heavy atom. The average molecular weight is 234 g/mol. The zero-order chi connectivity index (χ0) is 11.5. The largest absolute Gasteiger partial charge is 0.314 e. The molecular weight excluding hydrogens is 212 g/mol. The fourth-order valence-corrected chi connectivity index (χ4v) is 3.39. The molecule has 1 fully saturated rings. The zero-order valence-corrected chi connectivity index (χ0v) is 10.7. The van der Waals surface area contributed by atoms with Crippen molar-refractivity contribution in [3.63, 3.8) is 0 Å². The predicted octanol–water partition coefficient (Wildman–Crippen LogP) is 0.656. The Kier molecular flexibility index (Phi) is 4.55. The molecule has 1 atom stereocenters. The highest BCUT2D eigenvalue weighted by Crippen LogP contribution is 2.13. The number of hydrogen-bond acceptors (Lipinski definition) is 3. The molecule has 1 aliphatic heterocycles. The summed E-state index contributed by atoms with van der Waals surface area (Å²) in [7, 11) is -3.03. The first-order valence-electron chi connectivity index (χ1n) is 5.63. The number of nitrogens with one attached hydrogen (secondary N) is 1. The van der Waals surface area contributed by atoms with Gasteiger partial charge in [0.05, 0.1) is 5.75 Å². The van der Waals surface area contributed by atoms with Gasteiger partial charge in [0.25, 0.3) is 0 Å². The molecule has 90 valence electrons. The van der Waals surface area contributed by atoms with Gasteiger partial charge in [-0.05, 0) is 19.3 Å². The van der Waals surface area contributed by atoms with Gasteiger partial charge in [0.1, 0.15) is 0 Å². The van der Waals surface area contributed by atoms with E-state index in [1.54, 1.807) is 4.31 Å². The Labute approximate surface area is 93.1 Å². The first-order valence-corrected chi connectivity index (χ1v) is 7.24. The summed E-state index contributed by atoms with van der Waals surface area (Å²) in [5, 5.41) is 3.15. The lowest BCUT2D eigenvalue weighted by Gasteiger charge is -2.26. The summed E-state index contributed by atoms with van der Waals surface area (Å²) < 4.78 is 25.5. The van der Waals surface area contributed by atoms with Gasteiger partial charge in [-0.25, -0.2) is 8.42 Å². The zero-order valence-electron chi connectivity index (χ0n) is 9.86. The molecule has 1 aliphatic rings. The second kappa shape index (κ2) is 5.27. The topological polar surface area (TPSA) is 49.4 Å². The molecule has 15 heavy (non-hydrogen) atoms. The lowest BCUT2D eigenvalue weighted by molar-refractivity contribution is 0.318. The number of nitrogens with zero attached hydrogens (tertiary/aromatic N) is 1. The molecule has 1 heterocycles. The molecule has 1 unspecified atom stereocenters. The normalized spacial score (nSPS) is 27.9. The minimum atomic E-state index is -3.03. The van der Waals surface area contributed by atoms with Gasteiger partial charge in [-0.3, -0.25) is 0 Å². The maximum atomic E-state index is 11.9. The van der Waals surface area contributed by atoms with E-state index >= 15 is 0 Å². The maximum Gasteiger partial charge on any atom is 0.215 e. The molecule has 0 spiro atoms. The van der Waals surface area contributed by atoms with Crippen LogP contribution in [0.15, 0.2) is 0 Å². The van der Waals surface area contributed by atoms with Crippen LogP contribution in [0.25, 0.3) is 0 Å². The first-order chi connectivity index (χ1) is 6.93. The van der Waals surface area contributed by atoms with Crippen LogP contribution in [0, 0.1) is 5.92 Å². The van der Waals surface area contributed by atoms with Crippen molar-refractivity contribution in [2.45, 2.75) is 33.2 Å². The van der Waals surface area contributed by atoms with E-state index in [1.165, 1.54) is 0 Å². The first kappa shape index (κ1) is 12.9. The molecule has 0 radical (unpaired) electrons. The third-order valence-corrected chi connectivity index (χ3v) is 4.73. The number of rotatable bonds is 3. The minimum absolute atomic E-state index is 0.0799. The Balaban J connectivity index is 2.69. The molecule has 0 saturated carbocycles. The van der Waals surface area contributed by atoms with E-state index in [2.05, 4.69) is 19.2 Å². The molecule has 0 aromatic rings. The van der Waals surface area contributed by atoms with Crippen LogP contribution in [0.3, 0.4) is 0 Å². The van der Waals surface area contributed by atoms with Gasteiger partial charge in [0.15, 0.2) is 0 Å². The molecule has 0 aromatic carbocycles. The Bertz CT molecular complexity index is 288. The van der Waals surface area contributed by atoms with Gasteiger partial charge in [-0.15, -0.1) is 0 Å². The standard InChI is InChI=1S/C10H22N2O2S/c1-9(2)4-6-12-10(3)8-11-5-7-15(12,13)14/h9-11H,4-8H2,1-3H3. The highest BCUT2D eigenvalue weighted by molar-refractivity contribution is 7.89. The highest BCUT2D eigenvalue weighted by atomic mass is 32.2. The summed E-state index contributed by atoms with van der Waals surface area (Å²) in [6.07, 6.45) is 0.934. The van der Waals surface area contributed by atoms with Crippen LogP contribution in [0.4, 0.5) is 0 Å². The number of hydrogen-bond donors (Lipinski definition) is 1. The SMILES string of the molecule is CC(C)CCN1C(C)CNCCS1(=O)=O. The van der Waals surface area contributed by atoms with Gasteiger partial charge in [-0.1, -0.05) is 13.8 Å². The second-order valence-electron chi connectivity index (χ2n) is 4.66. The van der Waals surface area contributed by atoms with Crippen molar-refractivity contribution >= 4 is 10.0 Å². The van der Waals surface area contributed by atoms with Crippen molar-refractivity contribution < 1.29 is 8.42 Å². The molecule has 1 saturated heterocycles. The molecular formula is C10H22N2O2S. The highest BCUT2D eigenvalue weighted by Gasteiger charge is 2.28. The van der Waals surface area contributed by atoms with Crippen molar-refractivity contribution in [2.24, 2.45) is 5.92 Å². The van der Waals surface area contributed by atoms with E-state index in [4.69, 9.17) is 0 Å². The third kappa shape index (κ3) is 3.74.